The van der Waals surface area contributed by atoms with Gasteiger partial charge in [0.1, 0.15) is 5.75 Å². The normalized spacial score (nSPS) is 11.3. The number of carbonyl (C=O) groups is 1. The lowest BCUT2D eigenvalue weighted by Gasteiger charge is -2.25. The summed E-state index contributed by atoms with van der Waals surface area (Å²) in [5.41, 5.74) is 0.0202. The molecule has 100 valence electrons. The van der Waals surface area contributed by atoms with Crippen molar-refractivity contribution in [2.75, 3.05) is 6.54 Å². The second kappa shape index (κ2) is 6.40. The third kappa shape index (κ3) is 4.37. The number of rotatable bonds is 6. The first kappa shape index (κ1) is 14.5. The highest BCUT2D eigenvalue weighted by atomic mass is 16.3. The van der Waals surface area contributed by atoms with E-state index in [2.05, 4.69) is 5.32 Å². The molecule has 1 amide bonds. The molecule has 0 bridgehead atoms. The van der Waals surface area contributed by atoms with Gasteiger partial charge in [0, 0.05) is 6.54 Å². The summed E-state index contributed by atoms with van der Waals surface area (Å²) in [7, 11) is 0. The maximum Gasteiger partial charge on any atom is 0.224 e. The van der Waals surface area contributed by atoms with Gasteiger partial charge < -0.3 is 15.5 Å². The van der Waals surface area contributed by atoms with E-state index in [0.717, 1.165) is 5.56 Å². The number of phenols is 1. The number of phenolic OH excluding ortho intramolecular Hbond substituents is 1. The fourth-order valence-corrected chi connectivity index (χ4v) is 1.62. The van der Waals surface area contributed by atoms with Crippen LogP contribution in [0.2, 0.25) is 0 Å². The summed E-state index contributed by atoms with van der Waals surface area (Å²) < 4.78 is 0. The molecule has 3 N–H and O–H groups in total. The lowest BCUT2D eigenvalue weighted by molar-refractivity contribution is -0.121. The van der Waals surface area contributed by atoms with Crippen molar-refractivity contribution in [3.05, 3.63) is 29.8 Å². The highest BCUT2D eigenvalue weighted by molar-refractivity contribution is 5.78. The molecule has 0 saturated carbocycles. The van der Waals surface area contributed by atoms with Gasteiger partial charge in [0.25, 0.3) is 0 Å². The van der Waals surface area contributed by atoms with Gasteiger partial charge in [-0.25, -0.2) is 0 Å². The van der Waals surface area contributed by atoms with E-state index in [0.29, 0.717) is 12.8 Å². The maximum absolute atomic E-state index is 11.7. The Labute approximate surface area is 108 Å². The number of carbonyl (C=O) groups excluding carboxylic acids is 1. The number of nitrogens with one attached hydrogen (secondary N) is 1. The van der Waals surface area contributed by atoms with Crippen molar-refractivity contribution >= 4 is 5.91 Å². The molecule has 4 nitrogen and oxygen atoms in total. The molecule has 1 aromatic carbocycles. The minimum atomic E-state index is -0.815. The van der Waals surface area contributed by atoms with Crippen molar-refractivity contribution in [1.82, 2.24) is 5.32 Å². The summed E-state index contributed by atoms with van der Waals surface area (Å²) in [5, 5.41) is 21.9. The molecule has 1 aromatic rings. The quantitative estimate of drug-likeness (QED) is 0.719. The van der Waals surface area contributed by atoms with E-state index >= 15 is 0 Å². The molecule has 0 aliphatic heterocycles. The zero-order valence-electron chi connectivity index (χ0n) is 10.9. The Morgan fingerprint density at radius 2 is 1.78 bits per heavy atom. The Morgan fingerprint density at radius 3 is 2.28 bits per heavy atom. The van der Waals surface area contributed by atoms with Crippen LogP contribution in [0.1, 0.15) is 32.3 Å². The average Bonchev–Trinajstić information content (AvgIpc) is 2.39. The fourth-order valence-electron chi connectivity index (χ4n) is 1.62. The molecule has 0 atom stereocenters. The van der Waals surface area contributed by atoms with Crippen LogP contribution in [0, 0.1) is 0 Å². The van der Waals surface area contributed by atoms with Gasteiger partial charge in [-0.1, -0.05) is 26.0 Å². The lowest BCUT2D eigenvalue weighted by Crippen LogP contribution is -2.42. The highest BCUT2D eigenvalue weighted by Gasteiger charge is 2.22. The van der Waals surface area contributed by atoms with Gasteiger partial charge in [-0.3, -0.25) is 4.79 Å². The predicted molar refractivity (Wildman–Crippen MR) is 70.4 cm³/mol. The monoisotopic (exact) mass is 251 g/mol. The molecule has 0 spiro atoms. The number of hydrogen-bond acceptors (Lipinski definition) is 3. The first-order valence-corrected chi connectivity index (χ1v) is 6.26. The summed E-state index contributed by atoms with van der Waals surface area (Å²) in [5.74, 6) is 0.0616. The summed E-state index contributed by atoms with van der Waals surface area (Å²) in [4.78, 5) is 11.7. The van der Waals surface area contributed by atoms with E-state index in [1.54, 1.807) is 24.3 Å². The van der Waals surface area contributed by atoms with Crippen LogP contribution in [-0.2, 0) is 11.2 Å². The summed E-state index contributed by atoms with van der Waals surface area (Å²) >= 11 is 0. The molecule has 0 aromatic heterocycles. The third-order valence-electron chi connectivity index (χ3n) is 3.23. The largest absolute Gasteiger partial charge is 0.508 e. The van der Waals surface area contributed by atoms with Gasteiger partial charge in [-0.2, -0.15) is 0 Å². The standard InChI is InChI=1S/C14H21NO3/c1-3-14(18,4-2)10-15-13(17)9-11-5-7-12(16)8-6-11/h5-8,16,18H,3-4,9-10H2,1-2H3,(H,15,17). The Balaban J connectivity index is 2.45. The zero-order chi connectivity index (χ0) is 13.6. The molecule has 1 rings (SSSR count). The molecule has 4 heteroatoms. The van der Waals surface area contributed by atoms with Crippen LogP contribution in [0.15, 0.2) is 24.3 Å². The lowest BCUT2D eigenvalue weighted by atomic mass is 9.97. The van der Waals surface area contributed by atoms with Gasteiger partial charge in [-0.15, -0.1) is 0 Å². The molecule has 18 heavy (non-hydrogen) atoms. The van der Waals surface area contributed by atoms with Gasteiger partial charge in [0.05, 0.1) is 12.0 Å². The van der Waals surface area contributed by atoms with Crippen LogP contribution in [0.5, 0.6) is 5.75 Å². The Bertz CT molecular complexity index is 383. The van der Waals surface area contributed by atoms with Crippen molar-refractivity contribution in [3.63, 3.8) is 0 Å². The van der Waals surface area contributed by atoms with Crippen LogP contribution < -0.4 is 5.32 Å². The molecule has 0 saturated heterocycles. The van der Waals surface area contributed by atoms with Crippen LogP contribution in [0.25, 0.3) is 0 Å². The number of amides is 1. The van der Waals surface area contributed by atoms with Gasteiger partial charge >= 0.3 is 0 Å². The third-order valence-corrected chi connectivity index (χ3v) is 3.23. The zero-order valence-corrected chi connectivity index (χ0v) is 10.9. The van der Waals surface area contributed by atoms with E-state index in [1.807, 2.05) is 13.8 Å². The van der Waals surface area contributed by atoms with E-state index in [9.17, 15) is 9.90 Å². The van der Waals surface area contributed by atoms with Crippen molar-refractivity contribution in [2.45, 2.75) is 38.7 Å². The Hall–Kier alpha value is -1.55. The molecular formula is C14H21NO3. The van der Waals surface area contributed by atoms with E-state index in [4.69, 9.17) is 5.11 Å². The molecule has 0 aliphatic rings. The van der Waals surface area contributed by atoms with Gasteiger partial charge in [0.15, 0.2) is 0 Å². The van der Waals surface area contributed by atoms with Crippen molar-refractivity contribution < 1.29 is 15.0 Å². The van der Waals surface area contributed by atoms with Crippen molar-refractivity contribution in [2.24, 2.45) is 0 Å². The van der Waals surface area contributed by atoms with Crippen LogP contribution in [0.3, 0.4) is 0 Å². The van der Waals surface area contributed by atoms with Crippen LogP contribution in [-0.4, -0.2) is 28.3 Å². The summed E-state index contributed by atoms with van der Waals surface area (Å²) in [6.45, 7) is 4.07. The van der Waals surface area contributed by atoms with Crippen LogP contribution >= 0.6 is 0 Å². The van der Waals surface area contributed by atoms with Crippen LogP contribution in [0.4, 0.5) is 0 Å². The van der Waals surface area contributed by atoms with E-state index in [-0.39, 0.29) is 24.6 Å². The SMILES string of the molecule is CCC(O)(CC)CNC(=O)Cc1ccc(O)cc1. The van der Waals surface area contributed by atoms with Crippen molar-refractivity contribution in [3.8, 4) is 5.75 Å². The average molecular weight is 251 g/mol. The molecule has 0 fully saturated rings. The minimum absolute atomic E-state index is 0.124. The molecule has 0 heterocycles. The molecule has 0 unspecified atom stereocenters. The first-order valence-electron chi connectivity index (χ1n) is 6.26. The summed E-state index contributed by atoms with van der Waals surface area (Å²) in [6, 6.07) is 6.52. The maximum atomic E-state index is 11.7. The molecule has 0 aliphatic carbocycles. The van der Waals surface area contributed by atoms with E-state index < -0.39 is 5.60 Å². The Morgan fingerprint density at radius 1 is 1.22 bits per heavy atom. The fraction of sp³-hybridized carbons (Fsp3) is 0.500. The number of benzene rings is 1. The second-order valence-corrected chi connectivity index (χ2v) is 4.55. The summed E-state index contributed by atoms with van der Waals surface area (Å²) in [6.07, 6.45) is 1.48. The van der Waals surface area contributed by atoms with Gasteiger partial charge in [-0.05, 0) is 30.5 Å². The second-order valence-electron chi connectivity index (χ2n) is 4.55. The minimum Gasteiger partial charge on any atom is -0.508 e. The predicted octanol–water partition coefficient (Wildman–Crippen LogP) is 1.60. The van der Waals surface area contributed by atoms with E-state index in [1.165, 1.54) is 0 Å². The molecular weight excluding hydrogens is 230 g/mol. The van der Waals surface area contributed by atoms with Gasteiger partial charge in [0.2, 0.25) is 5.91 Å². The number of aliphatic hydroxyl groups is 1. The number of aromatic hydroxyl groups is 1. The van der Waals surface area contributed by atoms with Crippen molar-refractivity contribution in [1.29, 1.82) is 0 Å². The highest BCUT2D eigenvalue weighted by Crippen LogP contribution is 2.13. The number of hydrogen-bond donors (Lipinski definition) is 3. The smallest absolute Gasteiger partial charge is 0.224 e. The molecule has 0 radical (unpaired) electrons. The Kier molecular flexibility index (Phi) is 5.16. The topological polar surface area (TPSA) is 69.6 Å². The first-order chi connectivity index (χ1) is 8.49.